The van der Waals surface area contributed by atoms with Crippen LogP contribution < -0.4 is 15.8 Å². The van der Waals surface area contributed by atoms with E-state index in [1.807, 2.05) is 25.1 Å². The molecular formula is C30H48N6O3. The summed E-state index contributed by atoms with van der Waals surface area (Å²) in [5, 5.41) is 3.41. The molecule has 3 rings (SSSR count). The van der Waals surface area contributed by atoms with Crippen LogP contribution in [-0.2, 0) is 22.4 Å². The van der Waals surface area contributed by atoms with Gasteiger partial charge in [-0.2, -0.15) is 4.98 Å². The highest BCUT2D eigenvalue weighted by molar-refractivity contribution is 5.72. The highest BCUT2D eigenvalue weighted by atomic mass is 16.5. The van der Waals surface area contributed by atoms with Gasteiger partial charge in [-0.15, -0.1) is 0 Å². The number of unbranched alkanes of at least 4 members (excludes halogenated alkanes) is 2. The lowest BCUT2D eigenvalue weighted by molar-refractivity contribution is -0.142. The molecule has 1 saturated heterocycles. The normalized spacial score (nSPS) is 14.5. The first-order valence-electron chi connectivity index (χ1n) is 14.4. The maximum Gasteiger partial charge on any atom is 0.310 e. The number of hydrogen-bond acceptors (Lipinski definition) is 9. The number of benzene rings is 1. The maximum absolute atomic E-state index is 12.5. The van der Waals surface area contributed by atoms with E-state index >= 15 is 0 Å². The number of nitrogens with two attached hydrogens (primary N) is 1. The summed E-state index contributed by atoms with van der Waals surface area (Å²) in [6, 6.07) is 6.60. The van der Waals surface area contributed by atoms with Gasteiger partial charge in [0.2, 0.25) is 5.95 Å². The van der Waals surface area contributed by atoms with Crippen molar-refractivity contribution in [3.05, 3.63) is 40.6 Å². The number of rotatable bonds is 15. The predicted octanol–water partition coefficient (Wildman–Crippen LogP) is 4.07. The van der Waals surface area contributed by atoms with Gasteiger partial charge in [-0.1, -0.05) is 25.5 Å². The zero-order valence-electron chi connectivity index (χ0n) is 24.6. The number of nitrogen functional groups attached to an aromatic ring is 1. The Morgan fingerprint density at radius 3 is 2.64 bits per heavy atom. The highest BCUT2D eigenvalue weighted by Crippen LogP contribution is 2.28. The first-order chi connectivity index (χ1) is 18.8. The van der Waals surface area contributed by atoms with Gasteiger partial charge in [0.15, 0.2) is 0 Å². The van der Waals surface area contributed by atoms with Crippen molar-refractivity contribution < 1.29 is 14.3 Å². The molecule has 3 N–H and O–H groups in total. The summed E-state index contributed by atoms with van der Waals surface area (Å²) in [6.45, 7) is 8.78. The minimum Gasteiger partial charge on any atom is -0.496 e. The molecule has 1 fully saturated rings. The molecule has 1 aliphatic rings. The maximum atomic E-state index is 12.5. The summed E-state index contributed by atoms with van der Waals surface area (Å²) in [4.78, 5) is 26.2. The van der Waals surface area contributed by atoms with Crippen molar-refractivity contribution in [3.63, 3.8) is 0 Å². The number of piperidine rings is 1. The Hall–Kier alpha value is -2.91. The van der Waals surface area contributed by atoms with Crippen molar-refractivity contribution in [2.45, 2.75) is 71.3 Å². The first-order valence-corrected chi connectivity index (χ1v) is 14.4. The number of likely N-dealkylation sites (tertiary alicyclic amines) is 1. The summed E-state index contributed by atoms with van der Waals surface area (Å²) >= 11 is 0. The first kappa shape index (κ1) is 30.6. The summed E-state index contributed by atoms with van der Waals surface area (Å²) in [5.74, 6) is 1.55. The summed E-state index contributed by atoms with van der Waals surface area (Å²) in [6.07, 6.45) is 7.36. The van der Waals surface area contributed by atoms with E-state index in [9.17, 15) is 4.79 Å². The van der Waals surface area contributed by atoms with E-state index in [0.717, 1.165) is 85.8 Å². The molecule has 0 spiro atoms. The van der Waals surface area contributed by atoms with E-state index in [1.54, 1.807) is 7.11 Å². The van der Waals surface area contributed by atoms with Gasteiger partial charge in [0, 0.05) is 30.3 Å². The lowest BCUT2D eigenvalue weighted by Crippen LogP contribution is -2.42. The average Bonchev–Trinajstić information content (AvgIpc) is 2.91. The standard InChI is InChI=1S/C30H48N6O3/c1-6-7-14-32-29-26(22(2)33-30(31)34-29)21-24-11-10-23(19-27(24)38-5)20-28(37)39-18-9-8-15-36-16-12-25(13-17-36)35(3)4/h10-11,19,25H,6-9,12-18,20-21H2,1-5H3,(H3,31,32,33,34). The zero-order valence-corrected chi connectivity index (χ0v) is 24.6. The molecular weight excluding hydrogens is 492 g/mol. The molecule has 0 atom stereocenters. The average molecular weight is 541 g/mol. The number of nitrogens with one attached hydrogen (secondary N) is 1. The van der Waals surface area contributed by atoms with Crippen LogP contribution in [0.15, 0.2) is 18.2 Å². The summed E-state index contributed by atoms with van der Waals surface area (Å²) in [5.41, 5.74) is 9.62. The Morgan fingerprint density at radius 1 is 1.18 bits per heavy atom. The largest absolute Gasteiger partial charge is 0.496 e. The van der Waals surface area contributed by atoms with Crippen molar-refractivity contribution >= 4 is 17.7 Å². The fourth-order valence-electron chi connectivity index (χ4n) is 5.10. The smallest absolute Gasteiger partial charge is 0.310 e. The monoisotopic (exact) mass is 540 g/mol. The number of esters is 1. The number of methoxy groups -OCH3 is 1. The molecule has 1 aliphatic heterocycles. The van der Waals surface area contributed by atoms with E-state index in [0.29, 0.717) is 19.1 Å². The number of aryl methyl sites for hydroxylation is 1. The lowest BCUT2D eigenvalue weighted by atomic mass is 10.0. The third kappa shape index (κ3) is 9.65. The molecule has 0 unspecified atom stereocenters. The number of anilines is 2. The van der Waals surface area contributed by atoms with Gasteiger partial charge in [0.05, 0.1) is 20.1 Å². The van der Waals surface area contributed by atoms with Crippen LogP contribution in [0.3, 0.4) is 0 Å². The van der Waals surface area contributed by atoms with E-state index in [2.05, 4.69) is 46.1 Å². The van der Waals surface area contributed by atoms with Crippen LogP contribution in [0.25, 0.3) is 0 Å². The fraction of sp³-hybridized carbons (Fsp3) is 0.633. The van der Waals surface area contributed by atoms with Gasteiger partial charge in [-0.05, 0) is 90.0 Å². The summed E-state index contributed by atoms with van der Waals surface area (Å²) in [7, 11) is 5.98. The number of carbonyl (C=O) groups excluding carboxylic acids is 1. The quantitative estimate of drug-likeness (QED) is 0.255. The van der Waals surface area contributed by atoms with Crippen LogP contribution in [0.1, 0.15) is 67.8 Å². The van der Waals surface area contributed by atoms with Gasteiger partial charge >= 0.3 is 5.97 Å². The van der Waals surface area contributed by atoms with Crippen molar-refractivity contribution in [2.75, 3.05) is 65.0 Å². The van der Waals surface area contributed by atoms with E-state index in [-0.39, 0.29) is 18.3 Å². The number of nitrogens with zero attached hydrogens (tertiary/aromatic N) is 4. The molecule has 0 bridgehead atoms. The molecule has 0 radical (unpaired) electrons. The fourth-order valence-corrected chi connectivity index (χ4v) is 5.10. The van der Waals surface area contributed by atoms with E-state index < -0.39 is 0 Å². The second-order valence-electron chi connectivity index (χ2n) is 10.7. The van der Waals surface area contributed by atoms with Gasteiger partial charge in [0.25, 0.3) is 0 Å². The third-order valence-corrected chi connectivity index (χ3v) is 7.54. The predicted molar refractivity (Wildman–Crippen MR) is 157 cm³/mol. The minimum atomic E-state index is -0.207. The second kappa shape index (κ2) is 15.6. The minimum absolute atomic E-state index is 0.207. The highest BCUT2D eigenvalue weighted by Gasteiger charge is 2.20. The van der Waals surface area contributed by atoms with Crippen molar-refractivity contribution in [2.24, 2.45) is 0 Å². The molecule has 0 saturated carbocycles. The van der Waals surface area contributed by atoms with Crippen LogP contribution in [0.5, 0.6) is 5.75 Å². The Balaban J connectivity index is 1.48. The van der Waals surface area contributed by atoms with Crippen LogP contribution in [0, 0.1) is 6.92 Å². The van der Waals surface area contributed by atoms with Gasteiger partial charge < -0.3 is 30.3 Å². The van der Waals surface area contributed by atoms with Crippen LogP contribution in [0.4, 0.5) is 11.8 Å². The van der Waals surface area contributed by atoms with Crippen molar-refractivity contribution in [1.82, 2.24) is 19.8 Å². The number of hydrogen-bond donors (Lipinski definition) is 2. The molecule has 0 amide bonds. The molecule has 9 heteroatoms. The van der Waals surface area contributed by atoms with Crippen molar-refractivity contribution in [3.8, 4) is 5.75 Å². The number of carbonyl (C=O) groups is 1. The molecule has 1 aromatic heterocycles. The number of aromatic nitrogens is 2. The molecule has 2 aromatic rings. The Bertz CT molecular complexity index is 1050. The topological polar surface area (TPSA) is 106 Å². The van der Waals surface area contributed by atoms with Crippen LogP contribution >= 0.6 is 0 Å². The summed E-state index contributed by atoms with van der Waals surface area (Å²) < 4.78 is 11.2. The molecule has 9 nitrogen and oxygen atoms in total. The van der Waals surface area contributed by atoms with E-state index in [1.165, 1.54) is 12.8 Å². The van der Waals surface area contributed by atoms with Gasteiger partial charge in [-0.3, -0.25) is 4.79 Å². The third-order valence-electron chi connectivity index (χ3n) is 7.54. The molecule has 216 valence electrons. The lowest BCUT2D eigenvalue weighted by Gasteiger charge is -2.35. The molecule has 2 heterocycles. The van der Waals surface area contributed by atoms with Crippen LogP contribution in [0.2, 0.25) is 0 Å². The van der Waals surface area contributed by atoms with E-state index in [4.69, 9.17) is 15.2 Å². The SMILES string of the molecule is CCCCNc1nc(N)nc(C)c1Cc1ccc(CC(=O)OCCCCN2CCC(N(C)C)CC2)cc1OC. The van der Waals surface area contributed by atoms with Gasteiger partial charge in [0.1, 0.15) is 11.6 Å². The zero-order chi connectivity index (χ0) is 28.2. The van der Waals surface area contributed by atoms with Crippen LogP contribution in [-0.4, -0.2) is 85.8 Å². The Kier molecular flexibility index (Phi) is 12.3. The Labute approximate surface area is 234 Å². The molecule has 39 heavy (non-hydrogen) atoms. The molecule has 1 aromatic carbocycles. The van der Waals surface area contributed by atoms with Gasteiger partial charge in [-0.25, -0.2) is 4.98 Å². The second-order valence-corrected chi connectivity index (χ2v) is 10.7. The van der Waals surface area contributed by atoms with Crippen molar-refractivity contribution in [1.29, 1.82) is 0 Å². The number of ether oxygens (including phenoxy) is 2. The molecule has 0 aliphatic carbocycles. The Morgan fingerprint density at radius 2 is 1.95 bits per heavy atom.